The zero-order valence-corrected chi connectivity index (χ0v) is 7.71. The second-order valence-electron chi connectivity index (χ2n) is 4.03. The van der Waals surface area contributed by atoms with Crippen molar-refractivity contribution in [1.29, 1.82) is 0 Å². The Kier molecular flexibility index (Phi) is 3.38. The highest BCUT2D eigenvalue weighted by Crippen LogP contribution is 2.35. The fourth-order valence-corrected chi connectivity index (χ4v) is 1.70. The van der Waals surface area contributed by atoms with E-state index in [0.717, 1.165) is 12.3 Å². The minimum atomic E-state index is 0.0107. The quantitative estimate of drug-likeness (QED) is 0.648. The third-order valence-corrected chi connectivity index (χ3v) is 2.59. The predicted molar refractivity (Wildman–Crippen MR) is 47.4 cm³/mol. The van der Waals surface area contributed by atoms with Crippen molar-refractivity contribution in [1.82, 2.24) is 0 Å². The van der Waals surface area contributed by atoms with Gasteiger partial charge in [0.05, 0.1) is 6.10 Å². The Morgan fingerprint density at radius 1 is 1.45 bits per heavy atom. The highest BCUT2D eigenvalue weighted by molar-refractivity contribution is 4.81. The number of aliphatic hydroxyl groups excluding tert-OH is 1. The molecule has 0 aliphatic heterocycles. The van der Waals surface area contributed by atoms with Crippen molar-refractivity contribution < 1.29 is 5.11 Å². The maximum atomic E-state index is 9.59. The minimum Gasteiger partial charge on any atom is -0.393 e. The molecule has 0 heterocycles. The monoisotopic (exact) mass is 156 g/mol. The van der Waals surface area contributed by atoms with Gasteiger partial charge in [0, 0.05) is 0 Å². The second-order valence-corrected chi connectivity index (χ2v) is 4.03. The van der Waals surface area contributed by atoms with Gasteiger partial charge >= 0.3 is 0 Å². The van der Waals surface area contributed by atoms with Gasteiger partial charge < -0.3 is 5.11 Å². The first-order valence-electron chi connectivity index (χ1n) is 4.92. The molecule has 1 saturated carbocycles. The molecule has 0 amide bonds. The molecule has 1 fully saturated rings. The standard InChI is InChI=1S/C10H20O/c1-3-4-8(2)7-10(11)9-5-6-9/h8-11H,3-7H2,1-2H3. The summed E-state index contributed by atoms with van der Waals surface area (Å²) in [6, 6.07) is 0. The fourth-order valence-electron chi connectivity index (χ4n) is 1.70. The van der Waals surface area contributed by atoms with Crippen LogP contribution in [0.3, 0.4) is 0 Å². The summed E-state index contributed by atoms with van der Waals surface area (Å²) in [5.74, 6) is 1.38. The molecule has 1 N–H and O–H groups in total. The topological polar surface area (TPSA) is 20.2 Å². The summed E-state index contributed by atoms with van der Waals surface area (Å²) >= 11 is 0. The molecule has 0 spiro atoms. The predicted octanol–water partition coefficient (Wildman–Crippen LogP) is 2.58. The van der Waals surface area contributed by atoms with Gasteiger partial charge in [-0.1, -0.05) is 26.7 Å². The molecule has 2 unspecified atom stereocenters. The SMILES string of the molecule is CCCC(C)CC(O)C1CC1. The molecule has 0 bridgehead atoms. The molecular weight excluding hydrogens is 136 g/mol. The van der Waals surface area contributed by atoms with Gasteiger partial charge in [0.25, 0.3) is 0 Å². The summed E-state index contributed by atoms with van der Waals surface area (Å²) in [6.07, 6.45) is 6.08. The summed E-state index contributed by atoms with van der Waals surface area (Å²) in [4.78, 5) is 0. The Balaban J connectivity index is 2.07. The molecule has 1 aliphatic rings. The van der Waals surface area contributed by atoms with Crippen LogP contribution in [-0.4, -0.2) is 11.2 Å². The molecule has 0 aromatic rings. The number of hydrogen-bond donors (Lipinski definition) is 1. The van der Waals surface area contributed by atoms with Crippen molar-refractivity contribution in [3.63, 3.8) is 0 Å². The molecular formula is C10H20O. The lowest BCUT2D eigenvalue weighted by atomic mass is 9.97. The van der Waals surface area contributed by atoms with E-state index in [4.69, 9.17) is 0 Å². The lowest BCUT2D eigenvalue weighted by Gasteiger charge is -2.14. The van der Waals surface area contributed by atoms with E-state index < -0.39 is 0 Å². The van der Waals surface area contributed by atoms with Crippen LogP contribution >= 0.6 is 0 Å². The highest BCUT2D eigenvalue weighted by Gasteiger charge is 2.30. The van der Waals surface area contributed by atoms with Crippen LogP contribution in [0.4, 0.5) is 0 Å². The van der Waals surface area contributed by atoms with Crippen LogP contribution in [0, 0.1) is 11.8 Å². The van der Waals surface area contributed by atoms with Crippen molar-refractivity contribution in [2.45, 2.75) is 52.1 Å². The fraction of sp³-hybridized carbons (Fsp3) is 1.00. The molecule has 0 radical (unpaired) electrons. The first-order valence-corrected chi connectivity index (χ1v) is 4.92. The van der Waals surface area contributed by atoms with Gasteiger partial charge in [-0.25, -0.2) is 0 Å². The molecule has 0 aromatic carbocycles. The molecule has 0 saturated heterocycles. The van der Waals surface area contributed by atoms with E-state index in [2.05, 4.69) is 13.8 Å². The van der Waals surface area contributed by atoms with Gasteiger partial charge in [-0.15, -0.1) is 0 Å². The van der Waals surface area contributed by atoms with E-state index in [9.17, 15) is 5.11 Å². The third kappa shape index (κ3) is 3.24. The van der Waals surface area contributed by atoms with Crippen molar-refractivity contribution in [2.75, 3.05) is 0 Å². The highest BCUT2D eigenvalue weighted by atomic mass is 16.3. The Morgan fingerprint density at radius 3 is 2.55 bits per heavy atom. The first-order chi connectivity index (χ1) is 5.24. The van der Waals surface area contributed by atoms with Crippen LogP contribution in [0.5, 0.6) is 0 Å². The molecule has 66 valence electrons. The molecule has 1 rings (SSSR count). The van der Waals surface area contributed by atoms with Gasteiger partial charge in [0.15, 0.2) is 0 Å². The Labute approximate surface area is 69.8 Å². The average molecular weight is 156 g/mol. The molecule has 1 heteroatoms. The van der Waals surface area contributed by atoms with Crippen LogP contribution in [0.2, 0.25) is 0 Å². The van der Waals surface area contributed by atoms with E-state index in [0.29, 0.717) is 5.92 Å². The van der Waals surface area contributed by atoms with Crippen molar-refractivity contribution >= 4 is 0 Å². The van der Waals surface area contributed by atoms with Gasteiger partial charge in [-0.05, 0) is 31.1 Å². The maximum absolute atomic E-state index is 9.59. The Bertz CT molecular complexity index is 107. The molecule has 11 heavy (non-hydrogen) atoms. The van der Waals surface area contributed by atoms with Crippen LogP contribution in [0.25, 0.3) is 0 Å². The zero-order chi connectivity index (χ0) is 8.27. The smallest absolute Gasteiger partial charge is 0.0570 e. The van der Waals surface area contributed by atoms with Crippen LogP contribution < -0.4 is 0 Å². The van der Waals surface area contributed by atoms with Crippen LogP contribution in [-0.2, 0) is 0 Å². The minimum absolute atomic E-state index is 0.0107. The van der Waals surface area contributed by atoms with Crippen molar-refractivity contribution in [3.8, 4) is 0 Å². The van der Waals surface area contributed by atoms with Crippen molar-refractivity contribution in [2.24, 2.45) is 11.8 Å². The molecule has 2 atom stereocenters. The summed E-state index contributed by atoms with van der Waals surface area (Å²) in [7, 11) is 0. The average Bonchev–Trinajstić information content (AvgIpc) is 2.67. The first kappa shape index (κ1) is 9.05. The van der Waals surface area contributed by atoms with E-state index in [1.807, 2.05) is 0 Å². The second kappa shape index (κ2) is 4.10. The molecule has 0 aromatic heterocycles. The largest absolute Gasteiger partial charge is 0.393 e. The summed E-state index contributed by atoms with van der Waals surface area (Å²) in [5, 5.41) is 9.59. The number of hydrogen-bond acceptors (Lipinski definition) is 1. The Morgan fingerprint density at radius 2 is 2.09 bits per heavy atom. The van der Waals surface area contributed by atoms with Gasteiger partial charge in [0.2, 0.25) is 0 Å². The van der Waals surface area contributed by atoms with Crippen molar-refractivity contribution in [3.05, 3.63) is 0 Å². The Hall–Kier alpha value is -0.0400. The summed E-state index contributed by atoms with van der Waals surface area (Å²) < 4.78 is 0. The number of rotatable bonds is 5. The van der Waals surface area contributed by atoms with E-state index in [-0.39, 0.29) is 6.10 Å². The molecule has 1 aliphatic carbocycles. The van der Waals surface area contributed by atoms with E-state index in [1.165, 1.54) is 25.7 Å². The summed E-state index contributed by atoms with van der Waals surface area (Å²) in [5.41, 5.74) is 0. The summed E-state index contributed by atoms with van der Waals surface area (Å²) in [6.45, 7) is 4.45. The van der Waals surface area contributed by atoms with E-state index >= 15 is 0 Å². The van der Waals surface area contributed by atoms with E-state index in [1.54, 1.807) is 0 Å². The maximum Gasteiger partial charge on any atom is 0.0570 e. The normalized spacial score (nSPS) is 23.2. The lowest BCUT2D eigenvalue weighted by Crippen LogP contribution is -2.13. The zero-order valence-electron chi connectivity index (χ0n) is 7.71. The lowest BCUT2D eigenvalue weighted by molar-refractivity contribution is 0.122. The third-order valence-electron chi connectivity index (χ3n) is 2.59. The van der Waals surface area contributed by atoms with Gasteiger partial charge in [0.1, 0.15) is 0 Å². The van der Waals surface area contributed by atoms with Gasteiger partial charge in [-0.2, -0.15) is 0 Å². The van der Waals surface area contributed by atoms with Crippen LogP contribution in [0.15, 0.2) is 0 Å². The molecule has 1 nitrogen and oxygen atoms in total. The number of aliphatic hydroxyl groups is 1. The van der Waals surface area contributed by atoms with Crippen LogP contribution in [0.1, 0.15) is 46.0 Å². The van der Waals surface area contributed by atoms with Gasteiger partial charge in [-0.3, -0.25) is 0 Å².